The molecule has 0 fully saturated rings. The quantitative estimate of drug-likeness (QED) is 0.640. The van der Waals surface area contributed by atoms with Crippen molar-refractivity contribution in [2.45, 2.75) is 36.2 Å². The molecule has 2 aromatic rings. The van der Waals surface area contributed by atoms with Gasteiger partial charge in [-0.3, -0.25) is 10.1 Å². The Kier molecular flexibility index (Phi) is 5.36. The number of hydrogen-bond acceptors (Lipinski definition) is 4. The van der Waals surface area contributed by atoms with Gasteiger partial charge < -0.3 is 5.32 Å². The van der Waals surface area contributed by atoms with Gasteiger partial charge in [0.15, 0.2) is 0 Å². The summed E-state index contributed by atoms with van der Waals surface area (Å²) in [6.45, 7) is 4.94. The fourth-order valence-corrected chi connectivity index (χ4v) is 2.92. The van der Waals surface area contributed by atoms with Gasteiger partial charge in [0.05, 0.1) is 9.82 Å². The highest BCUT2D eigenvalue weighted by Crippen LogP contribution is 2.36. The fourth-order valence-electron chi connectivity index (χ4n) is 1.88. The summed E-state index contributed by atoms with van der Waals surface area (Å²) in [5, 5.41) is 14.5. The second-order valence-electron chi connectivity index (χ2n) is 4.97. The number of nitro groups is 1. The minimum absolute atomic E-state index is 0.147. The molecule has 110 valence electrons. The molecular weight excluding hydrogens is 284 g/mol. The van der Waals surface area contributed by atoms with E-state index in [1.54, 1.807) is 12.1 Å². The van der Waals surface area contributed by atoms with E-state index in [0.717, 1.165) is 17.0 Å². The second kappa shape index (κ2) is 7.24. The molecule has 0 aliphatic heterocycles. The van der Waals surface area contributed by atoms with Crippen LogP contribution in [0.25, 0.3) is 0 Å². The van der Waals surface area contributed by atoms with Gasteiger partial charge in [-0.05, 0) is 17.7 Å². The van der Waals surface area contributed by atoms with E-state index in [9.17, 15) is 10.1 Å². The summed E-state index contributed by atoms with van der Waals surface area (Å²) >= 11 is 1.44. The fraction of sp³-hybridized carbons (Fsp3) is 0.250. The predicted octanol–water partition coefficient (Wildman–Crippen LogP) is 4.24. The SMILES string of the molecule is CC(C)NCc1ccccc1Sc1ccccc1[N+](=O)[O-]. The first-order valence-electron chi connectivity index (χ1n) is 6.80. The highest BCUT2D eigenvalue weighted by Gasteiger charge is 2.14. The van der Waals surface area contributed by atoms with Crippen molar-refractivity contribution in [1.29, 1.82) is 0 Å². The summed E-state index contributed by atoms with van der Waals surface area (Å²) in [6.07, 6.45) is 0. The Labute approximate surface area is 128 Å². The van der Waals surface area contributed by atoms with E-state index in [-0.39, 0.29) is 10.6 Å². The molecule has 2 aromatic carbocycles. The average molecular weight is 302 g/mol. The van der Waals surface area contributed by atoms with Gasteiger partial charge in [-0.25, -0.2) is 0 Å². The van der Waals surface area contributed by atoms with Crippen LogP contribution in [0.4, 0.5) is 5.69 Å². The van der Waals surface area contributed by atoms with Crippen molar-refractivity contribution in [2.24, 2.45) is 0 Å². The van der Waals surface area contributed by atoms with Gasteiger partial charge in [0.1, 0.15) is 0 Å². The summed E-state index contributed by atoms with van der Waals surface area (Å²) in [7, 11) is 0. The molecule has 0 aliphatic rings. The van der Waals surface area contributed by atoms with E-state index in [1.807, 2.05) is 30.3 Å². The highest BCUT2D eigenvalue weighted by molar-refractivity contribution is 7.99. The highest BCUT2D eigenvalue weighted by atomic mass is 32.2. The summed E-state index contributed by atoms with van der Waals surface area (Å²) < 4.78 is 0. The first-order chi connectivity index (χ1) is 10.1. The van der Waals surface area contributed by atoms with Crippen molar-refractivity contribution in [2.75, 3.05) is 0 Å². The number of rotatable bonds is 6. The Morgan fingerprint density at radius 1 is 1.10 bits per heavy atom. The van der Waals surface area contributed by atoms with Gasteiger partial charge in [-0.1, -0.05) is 55.9 Å². The van der Waals surface area contributed by atoms with Gasteiger partial charge in [-0.15, -0.1) is 0 Å². The normalized spacial score (nSPS) is 10.8. The zero-order valence-electron chi connectivity index (χ0n) is 12.1. The van der Waals surface area contributed by atoms with Gasteiger partial charge in [0.25, 0.3) is 5.69 Å². The molecule has 0 amide bonds. The molecule has 0 unspecified atom stereocenters. The maximum absolute atomic E-state index is 11.1. The van der Waals surface area contributed by atoms with Crippen molar-refractivity contribution in [3.8, 4) is 0 Å². The lowest BCUT2D eigenvalue weighted by Crippen LogP contribution is -2.22. The van der Waals surface area contributed by atoms with Gasteiger partial charge in [0.2, 0.25) is 0 Å². The lowest BCUT2D eigenvalue weighted by atomic mass is 10.2. The van der Waals surface area contributed by atoms with E-state index < -0.39 is 0 Å². The van der Waals surface area contributed by atoms with E-state index in [4.69, 9.17) is 0 Å². The Balaban J connectivity index is 2.26. The lowest BCUT2D eigenvalue weighted by molar-refractivity contribution is -0.387. The average Bonchev–Trinajstić information content (AvgIpc) is 2.46. The number of hydrogen-bond donors (Lipinski definition) is 1. The molecule has 2 rings (SSSR count). The topological polar surface area (TPSA) is 55.2 Å². The number of nitro benzene ring substituents is 1. The standard InChI is InChI=1S/C16H18N2O2S/c1-12(2)17-11-13-7-3-5-9-15(13)21-16-10-6-4-8-14(16)18(19)20/h3-10,12,17H,11H2,1-2H3. The first-order valence-corrected chi connectivity index (χ1v) is 7.62. The molecule has 0 aliphatic carbocycles. The Hall–Kier alpha value is -1.85. The molecule has 0 aromatic heterocycles. The van der Waals surface area contributed by atoms with Crippen molar-refractivity contribution in [3.63, 3.8) is 0 Å². The Morgan fingerprint density at radius 3 is 2.38 bits per heavy atom. The number of benzene rings is 2. The third kappa shape index (κ3) is 4.31. The van der Waals surface area contributed by atoms with Gasteiger partial charge in [-0.2, -0.15) is 0 Å². The molecule has 5 heteroatoms. The number of nitrogens with one attached hydrogen (secondary N) is 1. The van der Waals surface area contributed by atoms with Crippen molar-refractivity contribution >= 4 is 17.4 Å². The third-order valence-electron chi connectivity index (χ3n) is 2.96. The number of para-hydroxylation sites is 1. The van der Waals surface area contributed by atoms with E-state index in [2.05, 4.69) is 19.2 Å². The van der Waals surface area contributed by atoms with Crippen LogP contribution in [0.1, 0.15) is 19.4 Å². The molecule has 21 heavy (non-hydrogen) atoms. The summed E-state index contributed by atoms with van der Waals surface area (Å²) in [5.74, 6) is 0. The van der Waals surface area contributed by atoms with Crippen molar-refractivity contribution in [1.82, 2.24) is 5.32 Å². The zero-order chi connectivity index (χ0) is 15.2. The van der Waals surface area contributed by atoms with Crippen LogP contribution >= 0.6 is 11.8 Å². The molecule has 0 radical (unpaired) electrons. The monoisotopic (exact) mass is 302 g/mol. The van der Waals surface area contributed by atoms with Crippen LogP contribution in [0.3, 0.4) is 0 Å². The lowest BCUT2D eigenvalue weighted by Gasteiger charge is -2.12. The molecule has 0 spiro atoms. The predicted molar refractivity (Wildman–Crippen MR) is 85.6 cm³/mol. The van der Waals surface area contributed by atoms with Crippen LogP contribution in [-0.2, 0) is 6.54 Å². The van der Waals surface area contributed by atoms with Crippen LogP contribution in [-0.4, -0.2) is 11.0 Å². The smallest absolute Gasteiger partial charge is 0.283 e. The summed E-state index contributed by atoms with van der Waals surface area (Å²) in [4.78, 5) is 12.5. The molecule has 0 bridgehead atoms. The number of nitrogens with zero attached hydrogens (tertiary/aromatic N) is 1. The van der Waals surface area contributed by atoms with Crippen LogP contribution in [0.15, 0.2) is 58.3 Å². The zero-order valence-corrected chi connectivity index (χ0v) is 12.9. The van der Waals surface area contributed by atoms with Crippen LogP contribution in [0, 0.1) is 10.1 Å². The van der Waals surface area contributed by atoms with E-state index in [0.29, 0.717) is 10.9 Å². The van der Waals surface area contributed by atoms with Gasteiger partial charge >= 0.3 is 0 Å². The maximum atomic E-state index is 11.1. The minimum Gasteiger partial charge on any atom is -0.310 e. The first kappa shape index (κ1) is 15.5. The summed E-state index contributed by atoms with van der Waals surface area (Å²) in [5.41, 5.74) is 1.29. The molecular formula is C16H18N2O2S. The molecule has 0 atom stereocenters. The van der Waals surface area contributed by atoms with Crippen LogP contribution in [0.5, 0.6) is 0 Å². The van der Waals surface area contributed by atoms with Crippen molar-refractivity contribution < 1.29 is 4.92 Å². The second-order valence-corrected chi connectivity index (χ2v) is 6.05. The largest absolute Gasteiger partial charge is 0.310 e. The Morgan fingerprint density at radius 2 is 1.71 bits per heavy atom. The summed E-state index contributed by atoms with van der Waals surface area (Å²) in [6, 6.07) is 15.2. The molecule has 0 saturated heterocycles. The maximum Gasteiger partial charge on any atom is 0.283 e. The Bertz CT molecular complexity index is 629. The van der Waals surface area contributed by atoms with Gasteiger partial charge in [0, 0.05) is 23.5 Å². The van der Waals surface area contributed by atoms with Crippen LogP contribution in [0.2, 0.25) is 0 Å². The minimum atomic E-state index is -0.336. The van der Waals surface area contributed by atoms with Crippen LogP contribution < -0.4 is 5.32 Å². The van der Waals surface area contributed by atoms with E-state index >= 15 is 0 Å². The molecule has 0 heterocycles. The molecule has 4 nitrogen and oxygen atoms in total. The third-order valence-corrected chi connectivity index (χ3v) is 4.14. The molecule has 0 saturated carbocycles. The molecule has 1 N–H and O–H groups in total. The van der Waals surface area contributed by atoms with Crippen molar-refractivity contribution in [3.05, 3.63) is 64.2 Å². The van der Waals surface area contributed by atoms with E-state index in [1.165, 1.54) is 17.8 Å².